The molecule has 0 spiro atoms. The Balaban J connectivity index is 3.33. The standard InChI is InChI=1S/C8H6Cl2FNO/c9-4-1-2-5(11)7(8(4)10)6(13)3-12/h1-2H,3,12H2. The van der Waals surface area contributed by atoms with Gasteiger partial charge in [0.15, 0.2) is 5.78 Å². The zero-order valence-electron chi connectivity index (χ0n) is 6.48. The number of Topliss-reactive ketones (excluding diaryl/α,β-unsaturated/α-hetero) is 1. The zero-order chi connectivity index (χ0) is 10.0. The second kappa shape index (κ2) is 4.05. The fourth-order valence-electron chi connectivity index (χ4n) is 0.885. The van der Waals surface area contributed by atoms with E-state index in [-0.39, 0.29) is 22.2 Å². The quantitative estimate of drug-likeness (QED) is 0.616. The first-order valence-electron chi connectivity index (χ1n) is 3.44. The van der Waals surface area contributed by atoms with Crippen LogP contribution < -0.4 is 5.73 Å². The molecule has 0 aliphatic rings. The average molecular weight is 222 g/mol. The summed E-state index contributed by atoms with van der Waals surface area (Å²) in [6.07, 6.45) is 0. The molecule has 1 aromatic carbocycles. The zero-order valence-corrected chi connectivity index (χ0v) is 7.99. The smallest absolute Gasteiger partial charge is 0.180 e. The fourth-order valence-corrected chi connectivity index (χ4v) is 1.30. The van der Waals surface area contributed by atoms with Crippen molar-refractivity contribution >= 4 is 29.0 Å². The number of nitrogens with two attached hydrogens (primary N) is 1. The predicted molar refractivity (Wildman–Crippen MR) is 49.8 cm³/mol. The maximum absolute atomic E-state index is 13.0. The van der Waals surface area contributed by atoms with Crippen molar-refractivity contribution in [2.45, 2.75) is 0 Å². The lowest BCUT2D eigenvalue weighted by Gasteiger charge is -2.04. The van der Waals surface area contributed by atoms with Crippen LogP contribution in [0.3, 0.4) is 0 Å². The first-order chi connectivity index (χ1) is 6.07. The highest BCUT2D eigenvalue weighted by Crippen LogP contribution is 2.27. The third-order valence-electron chi connectivity index (χ3n) is 1.51. The van der Waals surface area contributed by atoms with Crippen LogP contribution in [0.25, 0.3) is 0 Å². The van der Waals surface area contributed by atoms with E-state index < -0.39 is 11.6 Å². The van der Waals surface area contributed by atoms with Gasteiger partial charge in [-0.25, -0.2) is 4.39 Å². The summed E-state index contributed by atoms with van der Waals surface area (Å²) >= 11 is 11.2. The fraction of sp³-hybridized carbons (Fsp3) is 0.125. The van der Waals surface area contributed by atoms with Crippen molar-refractivity contribution in [1.82, 2.24) is 0 Å². The second-order valence-electron chi connectivity index (χ2n) is 2.35. The normalized spacial score (nSPS) is 10.2. The molecule has 0 aliphatic carbocycles. The van der Waals surface area contributed by atoms with Crippen LogP contribution in [0, 0.1) is 5.82 Å². The Hall–Kier alpha value is -0.640. The van der Waals surface area contributed by atoms with Gasteiger partial charge in [0.2, 0.25) is 0 Å². The molecule has 2 nitrogen and oxygen atoms in total. The van der Waals surface area contributed by atoms with Crippen LogP contribution in [0.4, 0.5) is 4.39 Å². The second-order valence-corrected chi connectivity index (χ2v) is 3.13. The lowest BCUT2D eigenvalue weighted by Crippen LogP contribution is -2.15. The summed E-state index contributed by atoms with van der Waals surface area (Å²) in [5.41, 5.74) is 4.83. The average Bonchev–Trinajstić information content (AvgIpc) is 2.12. The van der Waals surface area contributed by atoms with Crippen molar-refractivity contribution in [2.75, 3.05) is 6.54 Å². The van der Waals surface area contributed by atoms with E-state index in [2.05, 4.69) is 0 Å². The summed E-state index contributed by atoms with van der Waals surface area (Å²) < 4.78 is 13.0. The van der Waals surface area contributed by atoms with E-state index in [0.717, 1.165) is 6.07 Å². The van der Waals surface area contributed by atoms with Crippen LogP contribution in [0.2, 0.25) is 10.0 Å². The molecule has 0 saturated carbocycles. The molecule has 0 bridgehead atoms. The van der Waals surface area contributed by atoms with Crippen molar-refractivity contribution in [3.8, 4) is 0 Å². The molecule has 0 saturated heterocycles. The molecular weight excluding hydrogens is 216 g/mol. The molecule has 13 heavy (non-hydrogen) atoms. The number of hydrogen-bond donors (Lipinski definition) is 1. The molecular formula is C8H6Cl2FNO. The van der Waals surface area contributed by atoms with Crippen LogP contribution in [0.1, 0.15) is 10.4 Å². The minimum atomic E-state index is -0.704. The van der Waals surface area contributed by atoms with Crippen LogP contribution in [-0.4, -0.2) is 12.3 Å². The number of ketones is 1. The van der Waals surface area contributed by atoms with Gasteiger partial charge in [0.25, 0.3) is 0 Å². The maximum atomic E-state index is 13.0. The third-order valence-corrected chi connectivity index (χ3v) is 2.31. The molecule has 5 heteroatoms. The van der Waals surface area contributed by atoms with E-state index >= 15 is 0 Å². The molecule has 0 radical (unpaired) electrons. The summed E-state index contributed by atoms with van der Waals surface area (Å²) in [6, 6.07) is 2.36. The number of halogens is 3. The lowest BCUT2D eigenvalue weighted by molar-refractivity contribution is 0.0997. The SMILES string of the molecule is NCC(=O)c1c(F)ccc(Cl)c1Cl. The molecule has 1 aromatic rings. The van der Waals surface area contributed by atoms with E-state index in [1.54, 1.807) is 0 Å². The van der Waals surface area contributed by atoms with Crippen molar-refractivity contribution in [2.24, 2.45) is 5.73 Å². The molecule has 0 aromatic heterocycles. The van der Waals surface area contributed by atoms with Crippen LogP contribution in [-0.2, 0) is 0 Å². The van der Waals surface area contributed by atoms with Crippen molar-refractivity contribution in [1.29, 1.82) is 0 Å². The van der Waals surface area contributed by atoms with E-state index in [9.17, 15) is 9.18 Å². The number of rotatable bonds is 2. The van der Waals surface area contributed by atoms with Gasteiger partial charge in [-0.15, -0.1) is 0 Å². The van der Waals surface area contributed by atoms with Crippen molar-refractivity contribution in [3.05, 3.63) is 33.6 Å². The first-order valence-corrected chi connectivity index (χ1v) is 4.20. The molecule has 0 atom stereocenters. The minimum Gasteiger partial charge on any atom is -0.324 e. The van der Waals surface area contributed by atoms with E-state index in [1.807, 2.05) is 0 Å². The Labute approximate surface area is 84.4 Å². The number of carbonyl (C=O) groups excluding carboxylic acids is 1. The monoisotopic (exact) mass is 221 g/mol. The van der Waals surface area contributed by atoms with Gasteiger partial charge in [0.1, 0.15) is 5.82 Å². The Morgan fingerprint density at radius 1 is 1.46 bits per heavy atom. The first kappa shape index (κ1) is 10.4. The van der Waals surface area contributed by atoms with Gasteiger partial charge in [0.05, 0.1) is 22.2 Å². The number of benzene rings is 1. The summed E-state index contributed by atoms with van der Waals surface area (Å²) in [4.78, 5) is 11.1. The Bertz CT molecular complexity index is 354. The molecule has 0 amide bonds. The highest BCUT2D eigenvalue weighted by Gasteiger charge is 2.16. The Kier molecular flexibility index (Phi) is 3.25. The van der Waals surface area contributed by atoms with Crippen molar-refractivity contribution < 1.29 is 9.18 Å². The van der Waals surface area contributed by atoms with Gasteiger partial charge >= 0.3 is 0 Å². The van der Waals surface area contributed by atoms with Gasteiger partial charge in [0, 0.05) is 0 Å². The third kappa shape index (κ3) is 1.99. The van der Waals surface area contributed by atoms with Gasteiger partial charge in [-0.1, -0.05) is 23.2 Å². The van der Waals surface area contributed by atoms with E-state index in [1.165, 1.54) is 6.07 Å². The molecule has 2 N–H and O–H groups in total. The van der Waals surface area contributed by atoms with E-state index in [4.69, 9.17) is 28.9 Å². The molecule has 0 heterocycles. The van der Waals surface area contributed by atoms with Crippen LogP contribution in [0.5, 0.6) is 0 Å². The van der Waals surface area contributed by atoms with Crippen LogP contribution >= 0.6 is 23.2 Å². The van der Waals surface area contributed by atoms with E-state index in [0.29, 0.717) is 0 Å². The highest BCUT2D eigenvalue weighted by molar-refractivity contribution is 6.44. The summed E-state index contributed by atoms with van der Waals surface area (Å²) in [5.74, 6) is -1.27. The molecule has 0 fully saturated rings. The summed E-state index contributed by atoms with van der Waals surface area (Å²) in [5, 5.41) is 0.0528. The Morgan fingerprint density at radius 3 is 2.62 bits per heavy atom. The molecule has 1 rings (SSSR count). The maximum Gasteiger partial charge on any atom is 0.180 e. The van der Waals surface area contributed by atoms with Gasteiger partial charge < -0.3 is 5.73 Å². The minimum absolute atomic E-state index is 0.0860. The molecule has 0 unspecified atom stereocenters. The lowest BCUT2D eigenvalue weighted by atomic mass is 10.1. The topological polar surface area (TPSA) is 43.1 Å². The number of carbonyl (C=O) groups is 1. The summed E-state index contributed by atoms with van der Waals surface area (Å²) in [6.45, 7) is -0.295. The van der Waals surface area contributed by atoms with Gasteiger partial charge in [-0.3, -0.25) is 4.79 Å². The van der Waals surface area contributed by atoms with Crippen molar-refractivity contribution in [3.63, 3.8) is 0 Å². The largest absolute Gasteiger partial charge is 0.324 e. The van der Waals surface area contributed by atoms with Gasteiger partial charge in [-0.2, -0.15) is 0 Å². The highest BCUT2D eigenvalue weighted by atomic mass is 35.5. The van der Waals surface area contributed by atoms with Gasteiger partial charge in [-0.05, 0) is 12.1 Å². The summed E-state index contributed by atoms with van der Waals surface area (Å²) in [7, 11) is 0. The Morgan fingerprint density at radius 2 is 2.08 bits per heavy atom. The number of hydrogen-bond acceptors (Lipinski definition) is 2. The molecule has 0 aliphatic heterocycles. The predicted octanol–water partition coefficient (Wildman–Crippen LogP) is 2.27. The van der Waals surface area contributed by atoms with Crippen LogP contribution in [0.15, 0.2) is 12.1 Å². The molecule has 70 valence electrons.